The summed E-state index contributed by atoms with van der Waals surface area (Å²) in [6, 6.07) is 113. The Morgan fingerprint density at radius 3 is 1.03 bits per heavy atom. The van der Waals surface area contributed by atoms with Crippen LogP contribution in [-0.4, -0.2) is 74.8 Å². The maximum absolute atomic E-state index is 6.19. The lowest BCUT2D eigenvalue weighted by Gasteiger charge is -2.07. The predicted molar refractivity (Wildman–Crippen MR) is 486 cm³/mol. The summed E-state index contributed by atoms with van der Waals surface area (Å²) in [5.74, 6) is 1.85. The van der Waals surface area contributed by atoms with Gasteiger partial charge >= 0.3 is 0 Å². The van der Waals surface area contributed by atoms with Crippen LogP contribution >= 0.6 is 82.6 Å². The van der Waals surface area contributed by atoms with Crippen molar-refractivity contribution in [2.45, 2.75) is 0 Å². The van der Waals surface area contributed by atoms with Gasteiger partial charge in [0, 0.05) is 101 Å². The SMILES string of the molecule is Brc1cc(-c2ccccn2)nc(-c2ccccn2)c1.Brc1cc(-c2ccccn2)nc(-c2ccccn2)c1.Brc1cc(-c2cccnc2)cc(-c2ccccn2)c1.Clc1cnc(-c2ccccc2)nc1-c1ccccc1.Clc1nc(-c2ccccc2)cc(-c2ccc3ccccc3c2)n1.Clc1nc(-c2ccccc2)nc(-c2ccccc2)n1. The van der Waals surface area contributed by atoms with Crippen LogP contribution in [0.1, 0.15) is 0 Å². The average molecular weight is 1790 g/mol. The Morgan fingerprint density at radius 2 is 0.576 bits per heavy atom. The minimum absolute atomic E-state index is 0.202. The summed E-state index contributed by atoms with van der Waals surface area (Å²) in [6.07, 6.45) is 14.2. The Balaban J connectivity index is 0.000000117. The van der Waals surface area contributed by atoms with Crippen molar-refractivity contribution >= 4 is 93.4 Å². The second-order valence-electron chi connectivity index (χ2n) is 25.6. The number of halogens is 6. The number of nitrogens with zero attached hydrogens (tertiary/aromatic N) is 15. The molecule has 11 heterocycles. The van der Waals surface area contributed by atoms with Crippen LogP contribution in [0.3, 0.4) is 0 Å². The largest absolute Gasteiger partial charge is 0.264 e. The number of hydrogen-bond acceptors (Lipinski definition) is 15. The van der Waals surface area contributed by atoms with Gasteiger partial charge in [0.05, 0.1) is 79.5 Å². The zero-order valence-electron chi connectivity index (χ0n) is 62.5. The Labute approximate surface area is 722 Å². The summed E-state index contributed by atoms with van der Waals surface area (Å²) >= 11 is 28.9. The monoisotopic (exact) mass is 1780 g/mol. The van der Waals surface area contributed by atoms with E-state index in [1.807, 2.05) is 297 Å². The van der Waals surface area contributed by atoms with Crippen LogP contribution in [0, 0.1) is 0 Å². The van der Waals surface area contributed by atoms with E-state index in [2.05, 4.69) is 177 Å². The third-order valence-electron chi connectivity index (χ3n) is 17.5. The van der Waals surface area contributed by atoms with Crippen molar-refractivity contribution in [3.8, 4) is 136 Å². The van der Waals surface area contributed by atoms with Gasteiger partial charge in [-0.3, -0.25) is 29.9 Å². The molecule has 0 amide bonds. The molecule has 19 rings (SSSR count). The zero-order chi connectivity index (χ0) is 81.0. The fourth-order valence-electron chi connectivity index (χ4n) is 11.9. The number of rotatable bonds is 12. The van der Waals surface area contributed by atoms with Crippen molar-refractivity contribution in [2.24, 2.45) is 0 Å². The Morgan fingerprint density at radius 1 is 0.195 bits per heavy atom. The minimum atomic E-state index is 0.202. The fraction of sp³-hybridized carbons (Fsp3) is 0. The maximum atomic E-state index is 6.19. The van der Waals surface area contributed by atoms with Crippen LogP contribution in [0.15, 0.2) is 409 Å². The second kappa shape index (κ2) is 41.3. The van der Waals surface area contributed by atoms with E-state index < -0.39 is 0 Å². The van der Waals surface area contributed by atoms with Gasteiger partial charge in [0.15, 0.2) is 17.5 Å². The molecule has 0 atom stereocenters. The van der Waals surface area contributed by atoms with Crippen molar-refractivity contribution in [3.63, 3.8) is 0 Å². The van der Waals surface area contributed by atoms with Gasteiger partial charge in [0.2, 0.25) is 10.6 Å². The highest BCUT2D eigenvalue weighted by Gasteiger charge is 2.15. The standard InChI is InChI=1S/C20H13ClN2.C16H11BrN2.C16H11ClN2.2C15H10BrN3.C15H10ClN3/c21-20-22-18(15-7-2-1-3-8-15)13-19(23-20)17-11-10-14-6-4-5-9-16(14)12-17;17-15-9-13(12-4-3-6-18-11-12)8-14(10-15)16-5-1-2-7-19-16;17-14-11-18-16(13-9-5-2-6-10-13)19-15(14)12-7-3-1-4-8-12;2*16-11-9-14(12-5-1-3-7-17-12)19-15(10-11)13-6-2-4-8-18-13;16-15-18-13(11-7-3-1-4-8-11)17-14(19-15)12-9-5-2-6-10-12/h1-13H;2*1-11H;3*1-10H. The molecule has 15 nitrogen and oxygen atoms in total. The molecule has 0 aliphatic carbocycles. The normalized spacial score (nSPS) is 10.5. The first-order valence-electron chi connectivity index (χ1n) is 36.8. The molecule has 0 bridgehead atoms. The molecule has 11 aromatic heterocycles. The van der Waals surface area contributed by atoms with Crippen molar-refractivity contribution in [1.29, 1.82) is 0 Å². The second-order valence-corrected chi connectivity index (χ2v) is 29.4. The van der Waals surface area contributed by atoms with E-state index in [4.69, 9.17) is 34.8 Å². The molecule has 0 aliphatic heterocycles. The first kappa shape index (κ1) is 81.3. The molecule has 118 heavy (non-hydrogen) atoms. The summed E-state index contributed by atoms with van der Waals surface area (Å²) in [6.45, 7) is 0. The summed E-state index contributed by atoms with van der Waals surface area (Å²) in [5.41, 5.74) is 19.3. The highest BCUT2D eigenvalue weighted by molar-refractivity contribution is 9.11. The molecule has 19 aromatic rings. The van der Waals surface area contributed by atoms with Crippen molar-refractivity contribution in [1.82, 2.24) is 74.8 Å². The number of aromatic nitrogens is 15. The van der Waals surface area contributed by atoms with Gasteiger partial charge in [-0.15, -0.1) is 0 Å². The molecular formula is C97H65Br3Cl3N15. The molecule has 0 saturated carbocycles. The van der Waals surface area contributed by atoms with Gasteiger partial charge < -0.3 is 0 Å². The Kier molecular flexibility index (Phi) is 28.5. The van der Waals surface area contributed by atoms with Crippen LogP contribution in [0.5, 0.6) is 0 Å². The minimum Gasteiger partial charge on any atom is -0.264 e. The van der Waals surface area contributed by atoms with Crippen LogP contribution in [0.25, 0.3) is 147 Å². The summed E-state index contributed by atoms with van der Waals surface area (Å²) in [7, 11) is 0. The van der Waals surface area contributed by atoms with Gasteiger partial charge in [-0.25, -0.2) is 34.9 Å². The lowest BCUT2D eigenvalue weighted by Crippen LogP contribution is -1.96. The first-order chi connectivity index (χ1) is 57.9. The quantitative estimate of drug-likeness (QED) is 0.105. The van der Waals surface area contributed by atoms with E-state index in [0.29, 0.717) is 22.5 Å². The summed E-state index contributed by atoms with van der Waals surface area (Å²) < 4.78 is 2.96. The topological polar surface area (TPSA) is 193 Å². The van der Waals surface area contributed by atoms with E-state index in [-0.39, 0.29) is 10.6 Å². The maximum Gasteiger partial charge on any atom is 0.226 e. The third-order valence-corrected chi connectivity index (χ3v) is 19.4. The van der Waals surface area contributed by atoms with Crippen LogP contribution in [-0.2, 0) is 0 Å². The molecule has 21 heteroatoms. The third kappa shape index (κ3) is 22.8. The summed E-state index contributed by atoms with van der Waals surface area (Å²) in [4.78, 5) is 65.5. The molecule has 0 unspecified atom stereocenters. The predicted octanol–water partition coefficient (Wildman–Crippen LogP) is 26.4. The van der Waals surface area contributed by atoms with E-state index in [1.165, 1.54) is 10.8 Å². The first-order valence-corrected chi connectivity index (χ1v) is 40.3. The zero-order valence-corrected chi connectivity index (χ0v) is 69.5. The van der Waals surface area contributed by atoms with Crippen LogP contribution < -0.4 is 0 Å². The molecule has 0 aliphatic rings. The number of fused-ring (bicyclic) bond motifs is 1. The number of hydrogen-bond donors (Lipinski definition) is 0. The van der Waals surface area contributed by atoms with Gasteiger partial charge in [0.1, 0.15) is 0 Å². The molecule has 0 saturated heterocycles. The van der Waals surface area contributed by atoms with Gasteiger partial charge in [-0.1, -0.05) is 284 Å². The Bertz CT molecular complexity index is 5700. The van der Waals surface area contributed by atoms with E-state index in [9.17, 15) is 0 Å². The van der Waals surface area contributed by atoms with Crippen LogP contribution in [0.2, 0.25) is 15.6 Å². The molecular weight excluding hydrogens is 1720 g/mol. The van der Waals surface area contributed by atoms with Crippen molar-refractivity contribution in [2.75, 3.05) is 0 Å². The smallest absolute Gasteiger partial charge is 0.226 e. The fourth-order valence-corrected chi connectivity index (χ4v) is 13.8. The highest BCUT2D eigenvalue weighted by atomic mass is 79.9. The average Bonchev–Trinajstić information content (AvgIpc) is 0.820. The molecule has 570 valence electrons. The van der Waals surface area contributed by atoms with E-state index in [1.54, 1.807) is 43.4 Å². The molecule has 0 N–H and O–H groups in total. The molecule has 0 fully saturated rings. The summed E-state index contributed by atoms with van der Waals surface area (Å²) in [5, 5.41) is 3.41. The molecule has 0 spiro atoms. The van der Waals surface area contributed by atoms with E-state index >= 15 is 0 Å². The van der Waals surface area contributed by atoms with Gasteiger partial charge in [0.25, 0.3) is 0 Å². The lowest BCUT2D eigenvalue weighted by molar-refractivity contribution is 1.07. The molecule has 0 radical (unpaired) electrons. The highest BCUT2D eigenvalue weighted by Crippen LogP contribution is 2.34. The van der Waals surface area contributed by atoms with Crippen LogP contribution in [0.4, 0.5) is 0 Å². The Hall–Kier alpha value is -13.3. The van der Waals surface area contributed by atoms with E-state index in [0.717, 1.165) is 132 Å². The number of pyridine rings is 8. The van der Waals surface area contributed by atoms with Gasteiger partial charge in [-0.05, 0) is 161 Å². The van der Waals surface area contributed by atoms with Gasteiger partial charge in [-0.2, -0.15) is 9.97 Å². The van der Waals surface area contributed by atoms with Crippen molar-refractivity contribution < 1.29 is 0 Å². The lowest BCUT2D eigenvalue weighted by atomic mass is 10.0. The number of benzene rings is 8. The van der Waals surface area contributed by atoms with Crippen molar-refractivity contribution in [3.05, 3.63) is 424 Å². The molecule has 8 aromatic carbocycles.